The Morgan fingerprint density at radius 2 is 1.64 bits per heavy atom. The van der Waals surface area contributed by atoms with Crippen molar-refractivity contribution in [3.05, 3.63) is 59.2 Å². The molecule has 0 aliphatic carbocycles. The number of benzene rings is 2. The second kappa shape index (κ2) is 9.93. The standard InChI is InChI=1S/C23H30N2O3/c1-15(2)13-24-22(26)19-9-10-21(17(5)11-19)25-23(27)18-7-6-8-20(12-18)28-14-16(3)4/h6-12,15-16H,13-14H2,1-5H3,(H,24,26)(H,25,27). The van der Waals surface area contributed by atoms with Gasteiger partial charge in [0.05, 0.1) is 6.61 Å². The lowest BCUT2D eigenvalue weighted by Gasteiger charge is -2.13. The third-order valence-electron chi connectivity index (χ3n) is 4.09. The number of nitrogens with one attached hydrogen (secondary N) is 2. The van der Waals surface area contributed by atoms with E-state index in [0.717, 1.165) is 5.56 Å². The van der Waals surface area contributed by atoms with Gasteiger partial charge in [-0.25, -0.2) is 0 Å². The normalized spacial score (nSPS) is 10.8. The smallest absolute Gasteiger partial charge is 0.255 e. The molecule has 0 unspecified atom stereocenters. The van der Waals surface area contributed by atoms with Crippen molar-refractivity contribution >= 4 is 17.5 Å². The van der Waals surface area contributed by atoms with E-state index in [1.54, 1.807) is 36.4 Å². The monoisotopic (exact) mass is 382 g/mol. The minimum Gasteiger partial charge on any atom is -0.493 e. The highest BCUT2D eigenvalue weighted by Crippen LogP contribution is 2.20. The van der Waals surface area contributed by atoms with E-state index in [-0.39, 0.29) is 11.8 Å². The predicted molar refractivity (Wildman–Crippen MR) is 113 cm³/mol. The Labute approximate surface area is 167 Å². The van der Waals surface area contributed by atoms with Gasteiger partial charge in [0.2, 0.25) is 0 Å². The topological polar surface area (TPSA) is 67.4 Å². The molecule has 0 atom stereocenters. The number of anilines is 1. The first-order valence-electron chi connectivity index (χ1n) is 9.69. The molecule has 2 N–H and O–H groups in total. The summed E-state index contributed by atoms with van der Waals surface area (Å²) in [5.41, 5.74) is 2.62. The summed E-state index contributed by atoms with van der Waals surface area (Å²) in [5, 5.41) is 5.81. The van der Waals surface area contributed by atoms with Crippen LogP contribution < -0.4 is 15.4 Å². The first-order chi connectivity index (χ1) is 13.3. The number of rotatable bonds is 8. The third-order valence-corrected chi connectivity index (χ3v) is 4.09. The number of hydrogen-bond donors (Lipinski definition) is 2. The van der Waals surface area contributed by atoms with Crippen LogP contribution in [-0.4, -0.2) is 25.0 Å². The molecule has 2 amide bonds. The Balaban J connectivity index is 2.06. The van der Waals surface area contributed by atoms with Crippen LogP contribution in [0.1, 0.15) is 54.0 Å². The van der Waals surface area contributed by atoms with E-state index in [4.69, 9.17) is 4.74 Å². The van der Waals surface area contributed by atoms with Crippen LogP contribution in [0, 0.1) is 18.8 Å². The summed E-state index contributed by atoms with van der Waals surface area (Å²) in [6.07, 6.45) is 0. The summed E-state index contributed by atoms with van der Waals surface area (Å²) in [4.78, 5) is 24.8. The molecule has 150 valence electrons. The molecule has 0 saturated carbocycles. The lowest BCUT2D eigenvalue weighted by atomic mass is 10.1. The van der Waals surface area contributed by atoms with E-state index in [1.165, 1.54) is 0 Å². The number of carbonyl (C=O) groups excluding carboxylic acids is 2. The van der Waals surface area contributed by atoms with E-state index < -0.39 is 0 Å². The molecule has 0 aliphatic heterocycles. The second-order valence-corrected chi connectivity index (χ2v) is 7.82. The molecule has 0 fully saturated rings. The lowest BCUT2D eigenvalue weighted by Crippen LogP contribution is -2.27. The van der Waals surface area contributed by atoms with Gasteiger partial charge in [-0.3, -0.25) is 9.59 Å². The van der Waals surface area contributed by atoms with E-state index in [0.29, 0.717) is 47.6 Å². The van der Waals surface area contributed by atoms with Crippen molar-refractivity contribution in [2.24, 2.45) is 11.8 Å². The van der Waals surface area contributed by atoms with Gasteiger partial charge in [0, 0.05) is 23.4 Å². The Hall–Kier alpha value is -2.82. The number of carbonyl (C=O) groups is 2. The third kappa shape index (κ3) is 6.41. The van der Waals surface area contributed by atoms with Crippen LogP contribution in [0.5, 0.6) is 5.75 Å². The van der Waals surface area contributed by atoms with Gasteiger partial charge < -0.3 is 15.4 Å². The van der Waals surface area contributed by atoms with Gasteiger partial charge in [-0.1, -0.05) is 33.8 Å². The van der Waals surface area contributed by atoms with Crippen molar-refractivity contribution in [2.75, 3.05) is 18.5 Å². The minimum atomic E-state index is -0.213. The Morgan fingerprint density at radius 1 is 0.929 bits per heavy atom. The average Bonchev–Trinajstić information content (AvgIpc) is 2.66. The summed E-state index contributed by atoms with van der Waals surface area (Å²) in [7, 11) is 0. The molecule has 2 aromatic carbocycles. The molecule has 0 aromatic heterocycles. The lowest BCUT2D eigenvalue weighted by molar-refractivity contribution is 0.0948. The van der Waals surface area contributed by atoms with Crippen molar-refractivity contribution in [3.8, 4) is 5.75 Å². The van der Waals surface area contributed by atoms with Crippen LogP contribution in [0.2, 0.25) is 0 Å². The van der Waals surface area contributed by atoms with Crippen LogP contribution >= 0.6 is 0 Å². The highest BCUT2D eigenvalue weighted by Gasteiger charge is 2.12. The molecule has 0 radical (unpaired) electrons. The van der Waals surface area contributed by atoms with Gasteiger partial charge in [0.25, 0.3) is 11.8 Å². The number of aryl methyl sites for hydroxylation is 1. The van der Waals surface area contributed by atoms with Crippen LogP contribution in [0.4, 0.5) is 5.69 Å². The molecule has 2 aromatic rings. The Kier molecular flexibility index (Phi) is 7.61. The molecule has 2 rings (SSSR count). The van der Waals surface area contributed by atoms with Gasteiger partial charge in [0.15, 0.2) is 0 Å². The predicted octanol–water partition coefficient (Wildman–Crippen LogP) is 4.67. The first kappa shape index (κ1) is 21.5. The number of amides is 2. The molecular formula is C23H30N2O3. The number of hydrogen-bond acceptors (Lipinski definition) is 3. The number of ether oxygens (including phenoxy) is 1. The second-order valence-electron chi connectivity index (χ2n) is 7.82. The summed E-state index contributed by atoms with van der Waals surface area (Å²) < 4.78 is 5.69. The molecule has 0 bridgehead atoms. The molecular weight excluding hydrogens is 352 g/mol. The van der Waals surface area contributed by atoms with Gasteiger partial charge in [-0.05, 0) is 60.7 Å². The van der Waals surface area contributed by atoms with Gasteiger partial charge >= 0.3 is 0 Å². The highest BCUT2D eigenvalue weighted by molar-refractivity contribution is 6.05. The van der Waals surface area contributed by atoms with Crippen molar-refractivity contribution in [1.29, 1.82) is 0 Å². The summed E-state index contributed by atoms with van der Waals surface area (Å²) in [6, 6.07) is 12.4. The van der Waals surface area contributed by atoms with E-state index in [2.05, 4.69) is 24.5 Å². The molecule has 5 nitrogen and oxygen atoms in total. The van der Waals surface area contributed by atoms with Crippen LogP contribution in [0.25, 0.3) is 0 Å². The highest BCUT2D eigenvalue weighted by atomic mass is 16.5. The van der Waals surface area contributed by atoms with Crippen molar-refractivity contribution < 1.29 is 14.3 Å². The zero-order chi connectivity index (χ0) is 20.7. The molecule has 28 heavy (non-hydrogen) atoms. The van der Waals surface area contributed by atoms with Crippen molar-refractivity contribution in [2.45, 2.75) is 34.6 Å². The fourth-order valence-electron chi connectivity index (χ4n) is 2.53. The van der Waals surface area contributed by atoms with Gasteiger partial charge in [0.1, 0.15) is 5.75 Å². The molecule has 0 saturated heterocycles. The Morgan fingerprint density at radius 3 is 2.29 bits per heavy atom. The zero-order valence-corrected chi connectivity index (χ0v) is 17.3. The fourth-order valence-corrected chi connectivity index (χ4v) is 2.53. The fraction of sp³-hybridized carbons (Fsp3) is 0.391. The van der Waals surface area contributed by atoms with E-state index in [1.807, 2.05) is 26.8 Å². The maximum absolute atomic E-state index is 12.6. The summed E-state index contributed by atoms with van der Waals surface area (Å²) >= 11 is 0. The van der Waals surface area contributed by atoms with Crippen LogP contribution in [0.15, 0.2) is 42.5 Å². The largest absolute Gasteiger partial charge is 0.493 e. The SMILES string of the molecule is Cc1cc(C(=O)NCC(C)C)ccc1NC(=O)c1cccc(OCC(C)C)c1. The maximum atomic E-state index is 12.6. The van der Waals surface area contributed by atoms with Crippen LogP contribution in [-0.2, 0) is 0 Å². The molecule has 0 aliphatic rings. The molecule has 0 heterocycles. The average molecular weight is 383 g/mol. The van der Waals surface area contributed by atoms with E-state index >= 15 is 0 Å². The summed E-state index contributed by atoms with van der Waals surface area (Å²) in [5.74, 6) is 1.16. The quantitative estimate of drug-likeness (QED) is 0.697. The first-order valence-corrected chi connectivity index (χ1v) is 9.69. The van der Waals surface area contributed by atoms with Crippen LogP contribution in [0.3, 0.4) is 0 Å². The van der Waals surface area contributed by atoms with E-state index in [9.17, 15) is 9.59 Å². The maximum Gasteiger partial charge on any atom is 0.255 e. The summed E-state index contributed by atoms with van der Waals surface area (Å²) in [6.45, 7) is 11.4. The molecule has 0 spiro atoms. The van der Waals surface area contributed by atoms with Crippen molar-refractivity contribution in [1.82, 2.24) is 5.32 Å². The molecule has 5 heteroatoms. The van der Waals surface area contributed by atoms with Crippen molar-refractivity contribution in [3.63, 3.8) is 0 Å². The van der Waals surface area contributed by atoms with Gasteiger partial charge in [-0.15, -0.1) is 0 Å². The van der Waals surface area contributed by atoms with Gasteiger partial charge in [-0.2, -0.15) is 0 Å². The Bertz CT molecular complexity index is 828. The zero-order valence-electron chi connectivity index (χ0n) is 17.3. The minimum absolute atomic E-state index is 0.107.